The number of hydrogen-bond donors (Lipinski definition) is 2. The van der Waals surface area contributed by atoms with Crippen molar-refractivity contribution in [3.05, 3.63) is 11.8 Å². The topological polar surface area (TPSA) is 49.8 Å². The first kappa shape index (κ1) is 14.9. The highest BCUT2D eigenvalue weighted by Crippen LogP contribution is 2.41. The molecule has 0 spiro atoms. The van der Waals surface area contributed by atoms with E-state index in [1.165, 1.54) is 0 Å². The van der Waals surface area contributed by atoms with Crippen molar-refractivity contribution in [2.24, 2.45) is 5.92 Å². The normalized spacial score (nSPS) is 16.1. The SMILES string of the molecule is CCNc1nc(NC(C)(C)C2CC2)cc(C(F)(F)F)n1. The van der Waals surface area contributed by atoms with E-state index in [4.69, 9.17) is 0 Å². The fourth-order valence-electron chi connectivity index (χ4n) is 2.13. The Hall–Kier alpha value is -1.53. The minimum Gasteiger partial charge on any atom is -0.365 e. The standard InChI is InChI=1S/C13H19F3N4/c1-4-17-11-18-9(13(14,15)16)7-10(19-11)20-12(2,3)8-5-6-8/h7-8H,4-6H2,1-3H3,(H2,17,18,19,20). The molecule has 1 saturated carbocycles. The summed E-state index contributed by atoms with van der Waals surface area (Å²) in [5.74, 6) is 0.686. The van der Waals surface area contributed by atoms with E-state index in [9.17, 15) is 13.2 Å². The zero-order valence-corrected chi connectivity index (χ0v) is 11.8. The van der Waals surface area contributed by atoms with Crippen molar-refractivity contribution in [2.75, 3.05) is 17.2 Å². The number of halogens is 3. The number of nitrogens with one attached hydrogen (secondary N) is 2. The third-order valence-corrected chi connectivity index (χ3v) is 3.40. The summed E-state index contributed by atoms with van der Waals surface area (Å²) in [5, 5.41) is 5.83. The molecule has 4 nitrogen and oxygen atoms in total. The van der Waals surface area contributed by atoms with Gasteiger partial charge in [0.1, 0.15) is 5.82 Å². The van der Waals surface area contributed by atoms with Crippen LogP contribution in [0.5, 0.6) is 0 Å². The predicted octanol–water partition coefficient (Wildman–Crippen LogP) is 3.53. The second-order valence-electron chi connectivity index (χ2n) is 5.61. The van der Waals surface area contributed by atoms with Gasteiger partial charge in [0.2, 0.25) is 5.95 Å². The van der Waals surface area contributed by atoms with Gasteiger partial charge in [0.05, 0.1) is 0 Å². The first-order chi connectivity index (χ1) is 9.22. The maximum absolute atomic E-state index is 12.8. The first-order valence-electron chi connectivity index (χ1n) is 6.70. The van der Waals surface area contributed by atoms with Gasteiger partial charge >= 0.3 is 6.18 Å². The maximum atomic E-state index is 12.8. The Bertz CT molecular complexity index is 481. The summed E-state index contributed by atoms with van der Waals surface area (Å²) in [6.45, 7) is 6.21. The fraction of sp³-hybridized carbons (Fsp3) is 0.692. The molecule has 2 rings (SSSR count). The van der Waals surface area contributed by atoms with Gasteiger partial charge < -0.3 is 10.6 Å². The smallest absolute Gasteiger partial charge is 0.365 e. The number of hydrogen-bond acceptors (Lipinski definition) is 4. The summed E-state index contributed by atoms with van der Waals surface area (Å²) < 4.78 is 38.5. The van der Waals surface area contributed by atoms with E-state index in [1.807, 2.05) is 13.8 Å². The molecule has 0 aromatic carbocycles. The minimum absolute atomic E-state index is 0.00331. The van der Waals surface area contributed by atoms with E-state index >= 15 is 0 Å². The quantitative estimate of drug-likeness (QED) is 0.870. The van der Waals surface area contributed by atoms with Crippen LogP contribution in [0.4, 0.5) is 24.9 Å². The Balaban J connectivity index is 2.29. The van der Waals surface area contributed by atoms with Gasteiger partial charge in [-0.1, -0.05) is 0 Å². The van der Waals surface area contributed by atoms with Crippen molar-refractivity contribution >= 4 is 11.8 Å². The molecule has 1 aromatic rings. The van der Waals surface area contributed by atoms with Gasteiger partial charge in [-0.2, -0.15) is 18.2 Å². The molecule has 0 atom stereocenters. The summed E-state index contributed by atoms with van der Waals surface area (Å²) in [5.41, 5.74) is -1.20. The number of aromatic nitrogens is 2. The molecule has 1 fully saturated rings. The second kappa shape index (κ2) is 5.10. The molecule has 0 saturated heterocycles. The Kier molecular flexibility index (Phi) is 3.80. The Morgan fingerprint density at radius 3 is 2.40 bits per heavy atom. The van der Waals surface area contributed by atoms with Crippen LogP contribution in [0, 0.1) is 5.92 Å². The van der Waals surface area contributed by atoms with E-state index in [2.05, 4.69) is 20.6 Å². The molecule has 1 aromatic heterocycles. The summed E-state index contributed by atoms with van der Waals surface area (Å²) in [7, 11) is 0. The Morgan fingerprint density at radius 2 is 1.90 bits per heavy atom. The number of nitrogens with zero attached hydrogens (tertiary/aromatic N) is 2. The van der Waals surface area contributed by atoms with Crippen molar-refractivity contribution in [2.45, 2.75) is 45.3 Å². The molecule has 0 amide bonds. The van der Waals surface area contributed by atoms with Crippen LogP contribution in [-0.4, -0.2) is 22.1 Å². The third kappa shape index (κ3) is 3.52. The summed E-state index contributed by atoms with van der Waals surface area (Å²) >= 11 is 0. The maximum Gasteiger partial charge on any atom is 0.433 e. The van der Waals surface area contributed by atoms with Crippen molar-refractivity contribution in [3.63, 3.8) is 0 Å². The summed E-state index contributed by atoms with van der Waals surface area (Å²) in [4.78, 5) is 7.60. The second-order valence-corrected chi connectivity index (χ2v) is 5.61. The molecule has 20 heavy (non-hydrogen) atoms. The van der Waals surface area contributed by atoms with Gasteiger partial charge in [-0.05, 0) is 39.5 Å². The predicted molar refractivity (Wildman–Crippen MR) is 71.6 cm³/mol. The summed E-state index contributed by atoms with van der Waals surface area (Å²) in [6.07, 6.45) is -2.29. The van der Waals surface area contributed by atoms with Gasteiger partial charge in [-0.25, -0.2) is 4.98 Å². The van der Waals surface area contributed by atoms with Gasteiger partial charge in [0.25, 0.3) is 0 Å². The highest BCUT2D eigenvalue weighted by Gasteiger charge is 2.39. The molecule has 0 aliphatic heterocycles. The Labute approximate surface area is 116 Å². The van der Waals surface area contributed by atoms with Gasteiger partial charge in [-0.3, -0.25) is 0 Å². The molecule has 1 aliphatic carbocycles. The highest BCUT2D eigenvalue weighted by atomic mass is 19.4. The van der Waals surface area contributed by atoms with Crippen LogP contribution in [-0.2, 0) is 6.18 Å². The van der Waals surface area contributed by atoms with E-state index < -0.39 is 11.9 Å². The summed E-state index contributed by atoms with van der Waals surface area (Å²) in [6, 6.07) is 0.963. The molecule has 1 aliphatic rings. The van der Waals surface area contributed by atoms with Crippen LogP contribution in [0.25, 0.3) is 0 Å². The molecular weight excluding hydrogens is 269 g/mol. The fourth-order valence-corrected chi connectivity index (χ4v) is 2.13. The van der Waals surface area contributed by atoms with E-state index in [0.717, 1.165) is 18.9 Å². The van der Waals surface area contributed by atoms with Crippen LogP contribution in [0.3, 0.4) is 0 Å². The van der Waals surface area contributed by atoms with Crippen LogP contribution >= 0.6 is 0 Å². The number of rotatable bonds is 5. The zero-order valence-electron chi connectivity index (χ0n) is 11.8. The molecule has 0 radical (unpaired) electrons. The zero-order chi connectivity index (χ0) is 15.0. The molecule has 1 heterocycles. The molecule has 0 bridgehead atoms. The van der Waals surface area contributed by atoms with Gasteiger partial charge in [-0.15, -0.1) is 0 Å². The number of anilines is 2. The van der Waals surface area contributed by atoms with Crippen molar-refractivity contribution < 1.29 is 13.2 Å². The van der Waals surface area contributed by atoms with Crippen LogP contribution in [0.15, 0.2) is 6.07 Å². The highest BCUT2D eigenvalue weighted by molar-refractivity contribution is 5.45. The molecule has 2 N–H and O–H groups in total. The lowest BCUT2D eigenvalue weighted by Crippen LogP contribution is -2.34. The molecular formula is C13H19F3N4. The lowest BCUT2D eigenvalue weighted by Gasteiger charge is -2.27. The Morgan fingerprint density at radius 1 is 1.25 bits per heavy atom. The average molecular weight is 288 g/mol. The lowest BCUT2D eigenvalue weighted by atomic mass is 9.99. The van der Waals surface area contributed by atoms with Gasteiger partial charge in [0, 0.05) is 18.2 Å². The van der Waals surface area contributed by atoms with E-state index in [1.54, 1.807) is 6.92 Å². The van der Waals surface area contributed by atoms with Crippen molar-refractivity contribution in [1.82, 2.24) is 9.97 Å². The average Bonchev–Trinajstić information content (AvgIpc) is 3.11. The minimum atomic E-state index is -4.48. The van der Waals surface area contributed by atoms with Crippen molar-refractivity contribution in [1.29, 1.82) is 0 Å². The van der Waals surface area contributed by atoms with E-state index in [-0.39, 0.29) is 17.3 Å². The molecule has 7 heteroatoms. The molecule has 112 valence electrons. The van der Waals surface area contributed by atoms with E-state index in [0.29, 0.717) is 12.5 Å². The monoisotopic (exact) mass is 288 g/mol. The van der Waals surface area contributed by atoms with Gasteiger partial charge in [0.15, 0.2) is 5.69 Å². The first-order valence-corrected chi connectivity index (χ1v) is 6.70. The third-order valence-electron chi connectivity index (χ3n) is 3.40. The van der Waals surface area contributed by atoms with Crippen LogP contribution in [0.1, 0.15) is 39.3 Å². The molecule has 0 unspecified atom stereocenters. The largest absolute Gasteiger partial charge is 0.433 e. The van der Waals surface area contributed by atoms with Crippen molar-refractivity contribution in [3.8, 4) is 0 Å². The lowest BCUT2D eigenvalue weighted by molar-refractivity contribution is -0.141. The van der Waals surface area contributed by atoms with Crippen LogP contribution < -0.4 is 10.6 Å². The van der Waals surface area contributed by atoms with Crippen LogP contribution in [0.2, 0.25) is 0 Å². The number of alkyl halides is 3.